The van der Waals surface area contributed by atoms with Crippen LogP contribution in [0.1, 0.15) is 23.8 Å². The van der Waals surface area contributed by atoms with Crippen LogP contribution in [0.3, 0.4) is 0 Å². The first kappa shape index (κ1) is 17.7. The third-order valence-corrected chi connectivity index (χ3v) is 7.17. The van der Waals surface area contributed by atoms with Gasteiger partial charge in [-0.3, -0.25) is 0 Å². The largest absolute Gasteiger partial charge is 0.464 e. The Hall–Kier alpha value is -3.18. The first-order valence-electron chi connectivity index (χ1n) is 10.3. The summed E-state index contributed by atoms with van der Waals surface area (Å²) in [5, 5.41) is 1.29. The molecule has 1 aromatic carbocycles. The van der Waals surface area contributed by atoms with Crippen LogP contribution in [-0.2, 0) is 12.8 Å². The molecule has 4 heterocycles. The number of hydrogen-bond acceptors (Lipinski definition) is 4. The van der Waals surface area contributed by atoms with E-state index in [-0.39, 0.29) is 0 Å². The molecule has 1 aliphatic rings. The van der Waals surface area contributed by atoms with Gasteiger partial charge in [0.15, 0.2) is 0 Å². The second kappa shape index (κ2) is 6.96. The number of imidazole rings is 1. The van der Waals surface area contributed by atoms with E-state index in [9.17, 15) is 0 Å². The number of aryl methyl sites for hydroxylation is 1. The Morgan fingerprint density at radius 2 is 2.07 bits per heavy atom. The van der Waals surface area contributed by atoms with Crippen LogP contribution in [-0.4, -0.2) is 14.5 Å². The van der Waals surface area contributed by atoms with Gasteiger partial charge >= 0.3 is 0 Å². The van der Waals surface area contributed by atoms with Gasteiger partial charge in [-0.15, -0.1) is 11.3 Å². The highest BCUT2D eigenvalue weighted by Gasteiger charge is 2.24. The van der Waals surface area contributed by atoms with E-state index in [2.05, 4.69) is 48.3 Å². The first-order valence-corrected chi connectivity index (χ1v) is 11.2. The first-order chi connectivity index (χ1) is 14.8. The number of thiophene rings is 1. The predicted molar refractivity (Wildman–Crippen MR) is 121 cm³/mol. The molecule has 4 nitrogen and oxygen atoms in total. The molecular formula is C25H21N3OS. The fourth-order valence-electron chi connectivity index (χ4n) is 4.43. The molecule has 0 amide bonds. The van der Waals surface area contributed by atoms with Crippen molar-refractivity contribution in [2.24, 2.45) is 5.92 Å². The van der Waals surface area contributed by atoms with Gasteiger partial charge in [-0.1, -0.05) is 19.1 Å². The van der Waals surface area contributed by atoms with Gasteiger partial charge in [0.25, 0.3) is 0 Å². The summed E-state index contributed by atoms with van der Waals surface area (Å²) in [4.78, 5) is 11.8. The van der Waals surface area contributed by atoms with Crippen molar-refractivity contribution < 1.29 is 4.42 Å². The highest BCUT2D eigenvalue weighted by atomic mass is 32.1. The molecule has 5 heteroatoms. The van der Waals surface area contributed by atoms with Crippen molar-refractivity contribution in [2.45, 2.75) is 26.2 Å². The lowest BCUT2D eigenvalue weighted by molar-refractivity contribution is 0.509. The summed E-state index contributed by atoms with van der Waals surface area (Å²) in [6.07, 6.45) is 10.8. The molecule has 30 heavy (non-hydrogen) atoms. The van der Waals surface area contributed by atoms with Gasteiger partial charge in [0.05, 0.1) is 18.3 Å². The van der Waals surface area contributed by atoms with Crippen molar-refractivity contribution >= 4 is 21.6 Å². The van der Waals surface area contributed by atoms with Crippen LogP contribution in [0, 0.1) is 5.92 Å². The van der Waals surface area contributed by atoms with E-state index >= 15 is 0 Å². The summed E-state index contributed by atoms with van der Waals surface area (Å²) in [7, 11) is 0. The van der Waals surface area contributed by atoms with Crippen LogP contribution in [0.15, 0.2) is 71.9 Å². The summed E-state index contributed by atoms with van der Waals surface area (Å²) in [5.74, 6) is 1.66. The maximum Gasteiger partial charge on any atom is 0.134 e. The topological polar surface area (TPSA) is 43.9 Å². The number of hydrogen-bond donors (Lipinski definition) is 0. The molecule has 1 unspecified atom stereocenters. The van der Waals surface area contributed by atoms with Crippen LogP contribution in [0.25, 0.3) is 38.5 Å². The van der Waals surface area contributed by atoms with E-state index in [1.807, 2.05) is 34.5 Å². The zero-order valence-electron chi connectivity index (χ0n) is 16.7. The maximum atomic E-state index is 5.83. The van der Waals surface area contributed by atoms with Crippen molar-refractivity contribution in [3.8, 4) is 28.3 Å². The van der Waals surface area contributed by atoms with E-state index in [4.69, 9.17) is 9.40 Å². The van der Waals surface area contributed by atoms with Gasteiger partial charge in [0, 0.05) is 39.5 Å². The second-order valence-corrected chi connectivity index (χ2v) is 9.16. The van der Waals surface area contributed by atoms with Gasteiger partial charge in [0.1, 0.15) is 10.6 Å². The highest BCUT2D eigenvalue weighted by Crippen LogP contribution is 2.43. The minimum absolute atomic E-state index is 0.743. The van der Waals surface area contributed by atoms with Crippen LogP contribution < -0.4 is 0 Å². The lowest BCUT2D eigenvalue weighted by Crippen LogP contribution is -2.08. The van der Waals surface area contributed by atoms with E-state index in [1.165, 1.54) is 22.2 Å². The smallest absolute Gasteiger partial charge is 0.134 e. The maximum absolute atomic E-state index is 5.83. The lowest BCUT2D eigenvalue weighted by Gasteiger charge is -2.18. The number of furan rings is 1. The molecule has 0 aliphatic heterocycles. The summed E-state index contributed by atoms with van der Waals surface area (Å²) in [5.41, 5.74) is 5.81. The Balaban J connectivity index is 1.52. The molecule has 1 aliphatic carbocycles. The molecule has 0 fully saturated rings. The second-order valence-electron chi connectivity index (χ2n) is 8.08. The monoisotopic (exact) mass is 411 g/mol. The van der Waals surface area contributed by atoms with Crippen LogP contribution in [0.4, 0.5) is 0 Å². The number of rotatable bonds is 3. The summed E-state index contributed by atoms with van der Waals surface area (Å²) >= 11 is 1.86. The Morgan fingerprint density at radius 1 is 1.17 bits per heavy atom. The van der Waals surface area contributed by atoms with Gasteiger partial charge in [-0.25, -0.2) is 9.97 Å². The average Bonchev–Trinajstić information content (AvgIpc) is 3.53. The number of fused-ring (bicyclic) bond motifs is 3. The quantitative estimate of drug-likeness (QED) is 0.339. The SMILES string of the molecule is CC1CCc2c(sc3nc(-c4ccc(-n5ccnc5)cc4)cc(-c4ccco4)c23)C1. The van der Waals surface area contributed by atoms with E-state index in [1.54, 1.807) is 12.5 Å². The van der Waals surface area contributed by atoms with Crippen molar-refractivity contribution in [2.75, 3.05) is 0 Å². The molecule has 0 N–H and O–H groups in total. The molecule has 5 aromatic rings. The summed E-state index contributed by atoms with van der Waals surface area (Å²) in [6, 6.07) is 14.7. The Labute approximate surface area is 178 Å². The lowest BCUT2D eigenvalue weighted by atomic mass is 9.88. The van der Waals surface area contributed by atoms with Crippen molar-refractivity contribution in [3.05, 3.63) is 77.9 Å². The minimum Gasteiger partial charge on any atom is -0.464 e. The van der Waals surface area contributed by atoms with Gasteiger partial charge in [-0.2, -0.15) is 0 Å². The van der Waals surface area contributed by atoms with Crippen LogP contribution in [0.2, 0.25) is 0 Å². The Morgan fingerprint density at radius 3 is 2.83 bits per heavy atom. The zero-order chi connectivity index (χ0) is 20.1. The number of benzene rings is 1. The number of aromatic nitrogens is 3. The molecule has 0 saturated carbocycles. The minimum atomic E-state index is 0.743. The van der Waals surface area contributed by atoms with Crippen molar-refractivity contribution in [3.63, 3.8) is 0 Å². The van der Waals surface area contributed by atoms with Gasteiger partial charge in [-0.05, 0) is 61.1 Å². The normalized spacial score (nSPS) is 16.1. The molecule has 4 aromatic heterocycles. The summed E-state index contributed by atoms with van der Waals surface area (Å²) < 4.78 is 7.84. The van der Waals surface area contributed by atoms with Crippen molar-refractivity contribution in [1.82, 2.24) is 14.5 Å². The third-order valence-electron chi connectivity index (χ3n) is 6.02. The van der Waals surface area contributed by atoms with Gasteiger partial charge < -0.3 is 8.98 Å². The standard InChI is InChI=1S/C25H21N3OS/c1-16-4-9-19-23(13-16)30-25-24(19)20(22-3-2-12-29-22)14-21(27-25)17-5-7-18(8-6-17)28-11-10-26-15-28/h2-3,5-8,10-12,14-16H,4,9,13H2,1H3. The van der Waals surface area contributed by atoms with Gasteiger partial charge in [0.2, 0.25) is 0 Å². The highest BCUT2D eigenvalue weighted by molar-refractivity contribution is 7.19. The van der Waals surface area contributed by atoms with E-state index < -0.39 is 0 Å². The fourth-order valence-corrected chi connectivity index (χ4v) is 5.84. The molecule has 6 rings (SSSR count). The number of pyridine rings is 1. The number of nitrogens with zero attached hydrogens (tertiary/aromatic N) is 3. The molecule has 0 bridgehead atoms. The average molecular weight is 412 g/mol. The molecule has 1 atom stereocenters. The molecular weight excluding hydrogens is 390 g/mol. The fraction of sp³-hybridized carbons (Fsp3) is 0.200. The zero-order valence-corrected chi connectivity index (χ0v) is 17.5. The van der Waals surface area contributed by atoms with Crippen molar-refractivity contribution in [1.29, 1.82) is 0 Å². The third kappa shape index (κ3) is 2.89. The van der Waals surface area contributed by atoms with E-state index in [0.29, 0.717) is 0 Å². The molecule has 0 radical (unpaired) electrons. The molecule has 0 saturated heterocycles. The van der Waals surface area contributed by atoms with Crippen LogP contribution in [0.5, 0.6) is 0 Å². The Kier molecular flexibility index (Phi) is 4.09. The predicted octanol–water partition coefficient (Wildman–Crippen LogP) is 6.53. The van der Waals surface area contributed by atoms with Crippen LogP contribution >= 0.6 is 11.3 Å². The molecule has 148 valence electrons. The van der Waals surface area contributed by atoms with E-state index in [0.717, 1.165) is 51.9 Å². The Bertz CT molecular complexity index is 1320. The summed E-state index contributed by atoms with van der Waals surface area (Å²) in [6.45, 7) is 2.35. The molecule has 0 spiro atoms.